The van der Waals surface area contributed by atoms with Crippen LogP contribution in [0.25, 0.3) is 0 Å². The van der Waals surface area contributed by atoms with Crippen molar-refractivity contribution in [1.82, 2.24) is 4.98 Å². The average molecular weight is 254 g/mol. The van der Waals surface area contributed by atoms with E-state index in [1.54, 1.807) is 0 Å². The number of carboxylic acid groups (broad SMARTS) is 1. The van der Waals surface area contributed by atoms with Gasteiger partial charge in [-0.2, -0.15) is 4.98 Å². The second kappa shape index (κ2) is 4.44. The minimum absolute atomic E-state index is 0.240. The topological polar surface area (TPSA) is 75.4 Å². The molecule has 18 heavy (non-hydrogen) atoms. The van der Waals surface area contributed by atoms with Crippen LogP contribution in [0.1, 0.15) is 16.1 Å². The molecule has 0 amide bonds. The number of carbonyl (C=O) groups is 1. The van der Waals surface area contributed by atoms with Gasteiger partial charge in [-0.05, 0) is 18.6 Å². The van der Waals surface area contributed by atoms with Gasteiger partial charge >= 0.3 is 5.97 Å². The summed E-state index contributed by atoms with van der Waals surface area (Å²) in [6.45, 7) is 1.47. The molecular weight excluding hydrogens is 246 g/mol. The molecule has 0 atom stereocenters. The fourth-order valence-corrected chi connectivity index (χ4v) is 1.31. The second-order valence-corrected chi connectivity index (χ2v) is 3.52. The first-order valence-corrected chi connectivity index (χ1v) is 4.89. The summed E-state index contributed by atoms with van der Waals surface area (Å²) in [7, 11) is 0. The Kier molecular flexibility index (Phi) is 2.97. The number of hydrogen-bond donors (Lipinski definition) is 2. The van der Waals surface area contributed by atoms with Crippen molar-refractivity contribution < 1.29 is 23.1 Å². The summed E-state index contributed by atoms with van der Waals surface area (Å²) < 4.78 is 31.8. The highest BCUT2D eigenvalue weighted by Gasteiger charge is 2.15. The molecule has 0 saturated heterocycles. The third kappa shape index (κ3) is 2.15. The monoisotopic (exact) mass is 254 g/mol. The van der Waals surface area contributed by atoms with Crippen LogP contribution in [0.15, 0.2) is 22.8 Å². The number of anilines is 2. The highest BCUT2D eigenvalue weighted by atomic mass is 19.1. The molecule has 0 aliphatic carbocycles. The van der Waals surface area contributed by atoms with Crippen molar-refractivity contribution in [3.8, 4) is 0 Å². The van der Waals surface area contributed by atoms with E-state index in [4.69, 9.17) is 9.52 Å². The maximum atomic E-state index is 13.6. The maximum Gasteiger partial charge on any atom is 0.357 e. The van der Waals surface area contributed by atoms with E-state index < -0.39 is 23.3 Å². The summed E-state index contributed by atoms with van der Waals surface area (Å²) in [5.74, 6) is -2.91. The molecular formula is C11H8F2N2O3. The third-order valence-electron chi connectivity index (χ3n) is 2.24. The molecule has 0 saturated carbocycles. The zero-order valence-electron chi connectivity index (χ0n) is 9.20. The Hall–Kier alpha value is -2.44. The number of aryl methyl sites for hydroxylation is 1. The Morgan fingerprint density at radius 1 is 1.44 bits per heavy atom. The summed E-state index contributed by atoms with van der Waals surface area (Å²) in [6.07, 6.45) is 0.871. The van der Waals surface area contributed by atoms with Gasteiger partial charge in [0, 0.05) is 0 Å². The van der Waals surface area contributed by atoms with Gasteiger partial charge in [0.15, 0.2) is 11.5 Å². The van der Waals surface area contributed by atoms with E-state index in [2.05, 4.69) is 10.3 Å². The fourth-order valence-electron chi connectivity index (χ4n) is 1.31. The zero-order valence-corrected chi connectivity index (χ0v) is 9.20. The number of rotatable bonds is 3. The largest absolute Gasteiger partial charge is 0.476 e. The van der Waals surface area contributed by atoms with Crippen molar-refractivity contribution in [1.29, 1.82) is 0 Å². The van der Waals surface area contributed by atoms with Gasteiger partial charge in [-0.25, -0.2) is 13.6 Å². The van der Waals surface area contributed by atoms with Crippen molar-refractivity contribution >= 4 is 17.7 Å². The fraction of sp³-hybridized carbons (Fsp3) is 0.0909. The van der Waals surface area contributed by atoms with E-state index in [0.717, 1.165) is 12.3 Å². The normalized spacial score (nSPS) is 10.4. The van der Waals surface area contributed by atoms with Crippen molar-refractivity contribution in [2.75, 3.05) is 5.32 Å². The molecule has 0 unspecified atom stereocenters. The highest BCUT2D eigenvalue weighted by molar-refractivity contribution is 5.85. The molecule has 1 aromatic heterocycles. The minimum atomic E-state index is -1.29. The molecule has 0 radical (unpaired) electrons. The zero-order chi connectivity index (χ0) is 13.3. The molecule has 0 aliphatic heterocycles. The standard InChI is InChI=1S/C11H8F2N2O3/c1-5-2-3-6(12)9(8(5)13)15-11-14-7(4-18-11)10(16)17/h2-4H,1H3,(H,14,15)(H,16,17). The van der Waals surface area contributed by atoms with Gasteiger partial charge < -0.3 is 14.8 Å². The van der Waals surface area contributed by atoms with Crippen LogP contribution in [-0.2, 0) is 0 Å². The van der Waals surface area contributed by atoms with Crippen LogP contribution in [0.4, 0.5) is 20.5 Å². The van der Waals surface area contributed by atoms with Crippen LogP contribution in [0.5, 0.6) is 0 Å². The van der Waals surface area contributed by atoms with Crippen molar-refractivity contribution in [3.05, 3.63) is 41.3 Å². The number of halogens is 2. The van der Waals surface area contributed by atoms with E-state index >= 15 is 0 Å². The lowest BCUT2D eigenvalue weighted by Gasteiger charge is -2.06. The van der Waals surface area contributed by atoms with Gasteiger partial charge in [-0.3, -0.25) is 0 Å². The van der Waals surface area contributed by atoms with Gasteiger partial charge in [-0.1, -0.05) is 6.07 Å². The van der Waals surface area contributed by atoms with Gasteiger partial charge in [0.25, 0.3) is 6.01 Å². The Bertz CT molecular complexity index is 610. The van der Waals surface area contributed by atoms with Crippen LogP contribution in [0, 0.1) is 18.6 Å². The molecule has 2 N–H and O–H groups in total. The molecule has 2 aromatic rings. The number of aromatic carboxylic acids is 1. The summed E-state index contributed by atoms with van der Waals surface area (Å²) in [5.41, 5.74) is -0.552. The van der Waals surface area contributed by atoms with Gasteiger partial charge in [0.05, 0.1) is 0 Å². The van der Waals surface area contributed by atoms with Gasteiger partial charge in [0.2, 0.25) is 0 Å². The smallest absolute Gasteiger partial charge is 0.357 e. The number of nitrogens with one attached hydrogen (secondary N) is 1. The van der Waals surface area contributed by atoms with Gasteiger partial charge in [0.1, 0.15) is 17.8 Å². The molecule has 1 heterocycles. The van der Waals surface area contributed by atoms with E-state index in [1.165, 1.54) is 13.0 Å². The lowest BCUT2D eigenvalue weighted by molar-refractivity contribution is 0.0690. The Labute approximate surface area is 100 Å². The van der Waals surface area contributed by atoms with Crippen LogP contribution in [0.3, 0.4) is 0 Å². The Balaban J connectivity index is 2.33. The lowest BCUT2D eigenvalue weighted by Crippen LogP contribution is -2.01. The Morgan fingerprint density at radius 3 is 2.78 bits per heavy atom. The average Bonchev–Trinajstić information content (AvgIpc) is 2.78. The number of oxazole rings is 1. The predicted octanol–water partition coefficient (Wildman–Crippen LogP) is 2.70. The van der Waals surface area contributed by atoms with Crippen molar-refractivity contribution in [2.45, 2.75) is 6.92 Å². The summed E-state index contributed by atoms with van der Waals surface area (Å²) >= 11 is 0. The maximum absolute atomic E-state index is 13.6. The van der Waals surface area contributed by atoms with E-state index in [1.807, 2.05) is 0 Å². The molecule has 0 spiro atoms. The third-order valence-corrected chi connectivity index (χ3v) is 2.24. The van der Waals surface area contributed by atoms with E-state index in [0.29, 0.717) is 0 Å². The van der Waals surface area contributed by atoms with Crippen LogP contribution >= 0.6 is 0 Å². The number of nitrogens with zero attached hydrogens (tertiary/aromatic N) is 1. The molecule has 7 heteroatoms. The van der Waals surface area contributed by atoms with E-state index in [-0.39, 0.29) is 17.3 Å². The summed E-state index contributed by atoms with van der Waals surface area (Å²) in [5, 5.41) is 10.9. The molecule has 2 rings (SSSR count). The first-order chi connectivity index (χ1) is 8.49. The first-order valence-electron chi connectivity index (χ1n) is 4.89. The van der Waals surface area contributed by atoms with E-state index in [9.17, 15) is 13.6 Å². The van der Waals surface area contributed by atoms with Crippen LogP contribution in [-0.4, -0.2) is 16.1 Å². The molecule has 94 valence electrons. The quantitative estimate of drug-likeness (QED) is 0.880. The molecule has 5 nitrogen and oxygen atoms in total. The van der Waals surface area contributed by atoms with Crippen LogP contribution in [0.2, 0.25) is 0 Å². The molecule has 0 fully saturated rings. The first kappa shape index (κ1) is 12.0. The highest BCUT2D eigenvalue weighted by Crippen LogP contribution is 2.25. The Morgan fingerprint density at radius 2 is 2.17 bits per heavy atom. The SMILES string of the molecule is Cc1ccc(F)c(Nc2nc(C(=O)O)co2)c1F. The molecule has 0 bridgehead atoms. The lowest BCUT2D eigenvalue weighted by atomic mass is 10.2. The van der Waals surface area contributed by atoms with Crippen molar-refractivity contribution in [3.63, 3.8) is 0 Å². The van der Waals surface area contributed by atoms with Gasteiger partial charge in [-0.15, -0.1) is 0 Å². The second-order valence-electron chi connectivity index (χ2n) is 3.52. The van der Waals surface area contributed by atoms with Crippen molar-refractivity contribution in [2.24, 2.45) is 0 Å². The number of carboxylic acids is 1. The number of benzene rings is 1. The van der Waals surface area contributed by atoms with Crippen LogP contribution < -0.4 is 5.32 Å². The predicted molar refractivity (Wildman–Crippen MR) is 57.8 cm³/mol. The number of aromatic nitrogens is 1. The molecule has 1 aromatic carbocycles. The summed E-state index contributed by atoms with van der Waals surface area (Å²) in [4.78, 5) is 14.1. The molecule has 0 aliphatic rings. The minimum Gasteiger partial charge on any atom is -0.476 e. The number of hydrogen-bond acceptors (Lipinski definition) is 4. The summed E-state index contributed by atoms with van der Waals surface area (Å²) in [6, 6.07) is 2.08.